The van der Waals surface area contributed by atoms with Gasteiger partial charge in [-0.05, 0) is 42.3 Å². The quantitative estimate of drug-likeness (QED) is 0.623. The third-order valence-corrected chi connectivity index (χ3v) is 5.79. The van der Waals surface area contributed by atoms with E-state index in [4.69, 9.17) is 16.3 Å². The molecule has 0 spiro atoms. The van der Waals surface area contributed by atoms with Gasteiger partial charge in [0.2, 0.25) is 11.8 Å². The predicted molar refractivity (Wildman–Crippen MR) is 122 cm³/mol. The van der Waals surface area contributed by atoms with Crippen LogP contribution in [0.15, 0.2) is 48.5 Å². The Morgan fingerprint density at radius 2 is 1.72 bits per heavy atom. The summed E-state index contributed by atoms with van der Waals surface area (Å²) in [5.41, 5.74) is 1.56. The normalized spacial score (nSPS) is 15.2. The van der Waals surface area contributed by atoms with Gasteiger partial charge in [0, 0.05) is 37.7 Å². The van der Waals surface area contributed by atoms with Crippen LogP contribution in [-0.4, -0.2) is 67.0 Å². The van der Waals surface area contributed by atoms with Gasteiger partial charge >= 0.3 is 0 Å². The molecule has 0 aliphatic carbocycles. The monoisotopic (exact) mass is 461 g/mol. The zero-order valence-electron chi connectivity index (χ0n) is 18.2. The average molecular weight is 462 g/mol. The van der Waals surface area contributed by atoms with Crippen LogP contribution in [0.1, 0.15) is 18.1 Å². The number of hydrogen-bond acceptors (Lipinski definition) is 4. The van der Waals surface area contributed by atoms with E-state index in [0.717, 1.165) is 30.8 Å². The molecule has 0 unspecified atom stereocenters. The molecule has 0 bridgehead atoms. The van der Waals surface area contributed by atoms with E-state index in [-0.39, 0.29) is 30.6 Å². The average Bonchev–Trinajstić information content (AvgIpc) is 2.80. The van der Waals surface area contributed by atoms with Crippen LogP contribution < -0.4 is 5.32 Å². The Kier molecular flexibility index (Phi) is 9.02. The van der Waals surface area contributed by atoms with Crippen LogP contribution in [0.2, 0.25) is 5.02 Å². The molecule has 0 radical (unpaired) electrons. The lowest BCUT2D eigenvalue weighted by Crippen LogP contribution is -2.49. The first-order valence-corrected chi connectivity index (χ1v) is 11.2. The van der Waals surface area contributed by atoms with Crippen molar-refractivity contribution in [1.29, 1.82) is 0 Å². The van der Waals surface area contributed by atoms with E-state index < -0.39 is 6.04 Å². The number of ether oxygens (including phenoxy) is 1. The summed E-state index contributed by atoms with van der Waals surface area (Å²) < 4.78 is 18.7. The standard InChI is InChI=1S/C24H29ClFN3O3/c1-18(24(31)27-10-11-28-12-14-32-15-13-28)29(17-20-4-8-22(26)9-5-20)23(30)16-19-2-6-21(25)7-3-19/h2-9,18H,10-17H2,1H3,(H,27,31)/t18-/m0/s1. The van der Waals surface area contributed by atoms with E-state index in [1.807, 2.05) is 0 Å². The minimum Gasteiger partial charge on any atom is -0.379 e. The summed E-state index contributed by atoms with van der Waals surface area (Å²) in [7, 11) is 0. The van der Waals surface area contributed by atoms with Gasteiger partial charge in [0.15, 0.2) is 0 Å². The Morgan fingerprint density at radius 1 is 1.09 bits per heavy atom. The zero-order valence-corrected chi connectivity index (χ0v) is 19.0. The summed E-state index contributed by atoms with van der Waals surface area (Å²) in [4.78, 5) is 29.8. The second-order valence-corrected chi connectivity index (χ2v) is 8.31. The third kappa shape index (κ3) is 7.29. The van der Waals surface area contributed by atoms with Gasteiger partial charge < -0.3 is 15.0 Å². The molecule has 0 saturated carbocycles. The van der Waals surface area contributed by atoms with Gasteiger partial charge in [-0.15, -0.1) is 0 Å². The Balaban J connectivity index is 1.65. The van der Waals surface area contributed by atoms with E-state index in [0.29, 0.717) is 24.8 Å². The molecular formula is C24H29ClFN3O3. The van der Waals surface area contributed by atoms with Crippen molar-refractivity contribution in [3.63, 3.8) is 0 Å². The van der Waals surface area contributed by atoms with Gasteiger partial charge in [-0.2, -0.15) is 0 Å². The zero-order chi connectivity index (χ0) is 22.9. The first kappa shape index (κ1) is 24.2. The molecule has 1 atom stereocenters. The van der Waals surface area contributed by atoms with Gasteiger partial charge in [-0.25, -0.2) is 4.39 Å². The molecule has 1 aliphatic rings. The highest BCUT2D eigenvalue weighted by atomic mass is 35.5. The van der Waals surface area contributed by atoms with Crippen LogP contribution in [0.4, 0.5) is 4.39 Å². The molecule has 2 amide bonds. The van der Waals surface area contributed by atoms with Crippen molar-refractivity contribution in [2.75, 3.05) is 39.4 Å². The van der Waals surface area contributed by atoms with E-state index in [1.165, 1.54) is 17.0 Å². The number of nitrogens with one attached hydrogen (secondary N) is 1. The highest BCUT2D eigenvalue weighted by molar-refractivity contribution is 6.30. The molecular weight excluding hydrogens is 433 g/mol. The molecule has 0 aromatic heterocycles. The van der Waals surface area contributed by atoms with Crippen molar-refractivity contribution in [3.8, 4) is 0 Å². The van der Waals surface area contributed by atoms with Gasteiger partial charge in [0.05, 0.1) is 19.6 Å². The second kappa shape index (κ2) is 11.9. The van der Waals surface area contributed by atoms with E-state index in [1.54, 1.807) is 43.3 Å². The maximum absolute atomic E-state index is 13.3. The molecule has 2 aromatic carbocycles. The molecule has 172 valence electrons. The molecule has 8 heteroatoms. The smallest absolute Gasteiger partial charge is 0.242 e. The number of carbonyl (C=O) groups is 2. The van der Waals surface area contributed by atoms with Crippen LogP contribution >= 0.6 is 11.6 Å². The third-order valence-electron chi connectivity index (χ3n) is 5.53. The second-order valence-electron chi connectivity index (χ2n) is 7.87. The lowest BCUT2D eigenvalue weighted by atomic mass is 10.1. The summed E-state index contributed by atoms with van der Waals surface area (Å²) in [5.74, 6) is -0.751. The summed E-state index contributed by atoms with van der Waals surface area (Å²) in [5, 5.41) is 3.53. The summed E-state index contributed by atoms with van der Waals surface area (Å²) in [6, 6.07) is 12.3. The lowest BCUT2D eigenvalue weighted by Gasteiger charge is -2.30. The number of carbonyl (C=O) groups excluding carboxylic acids is 2. The number of nitrogens with zero attached hydrogens (tertiary/aromatic N) is 2. The summed E-state index contributed by atoms with van der Waals surface area (Å²) >= 11 is 5.94. The fraction of sp³-hybridized carbons (Fsp3) is 0.417. The molecule has 1 aliphatic heterocycles. The lowest BCUT2D eigenvalue weighted by molar-refractivity contribution is -0.140. The first-order chi connectivity index (χ1) is 15.4. The first-order valence-electron chi connectivity index (χ1n) is 10.8. The minimum atomic E-state index is -0.676. The van der Waals surface area contributed by atoms with Crippen LogP contribution in [0.25, 0.3) is 0 Å². The van der Waals surface area contributed by atoms with Crippen molar-refractivity contribution < 1.29 is 18.7 Å². The molecule has 1 saturated heterocycles. The van der Waals surface area contributed by atoms with Crippen molar-refractivity contribution in [3.05, 3.63) is 70.5 Å². The molecule has 2 aromatic rings. The summed E-state index contributed by atoms with van der Waals surface area (Å²) in [6.07, 6.45) is 0.143. The fourth-order valence-corrected chi connectivity index (χ4v) is 3.68. The molecule has 1 heterocycles. The van der Waals surface area contributed by atoms with E-state index in [9.17, 15) is 14.0 Å². The highest BCUT2D eigenvalue weighted by Crippen LogP contribution is 2.15. The minimum absolute atomic E-state index is 0.143. The largest absolute Gasteiger partial charge is 0.379 e. The van der Waals surface area contributed by atoms with Crippen LogP contribution in [0.5, 0.6) is 0 Å². The Labute approximate surface area is 193 Å². The Morgan fingerprint density at radius 3 is 2.38 bits per heavy atom. The molecule has 6 nitrogen and oxygen atoms in total. The van der Waals surface area contributed by atoms with E-state index >= 15 is 0 Å². The van der Waals surface area contributed by atoms with E-state index in [2.05, 4.69) is 10.2 Å². The molecule has 3 rings (SSSR count). The van der Waals surface area contributed by atoms with Crippen LogP contribution in [-0.2, 0) is 27.3 Å². The fourth-order valence-electron chi connectivity index (χ4n) is 3.56. The number of morpholine rings is 1. The molecule has 1 fully saturated rings. The highest BCUT2D eigenvalue weighted by Gasteiger charge is 2.26. The molecule has 32 heavy (non-hydrogen) atoms. The van der Waals surface area contributed by atoms with Crippen molar-refractivity contribution in [2.45, 2.75) is 25.9 Å². The Hall–Kier alpha value is -2.48. The van der Waals surface area contributed by atoms with Crippen molar-refractivity contribution in [1.82, 2.24) is 15.1 Å². The SMILES string of the molecule is C[C@@H](C(=O)NCCN1CCOCC1)N(Cc1ccc(F)cc1)C(=O)Cc1ccc(Cl)cc1. The van der Waals surface area contributed by atoms with Gasteiger partial charge in [0.25, 0.3) is 0 Å². The maximum atomic E-state index is 13.3. The number of halogens is 2. The van der Waals surface area contributed by atoms with Crippen molar-refractivity contribution >= 4 is 23.4 Å². The Bertz CT molecular complexity index is 886. The number of rotatable bonds is 9. The van der Waals surface area contributed by atoms with Gasteiger partial charge in [0.1, 0.15) is 11.9 Å². The van der Waals surface area contributed by atoms with Gasteiger partial charge in [-0.3, -0.25) is 14.5 Å². The maximum Gasteiger partial charge on any atom is 0.242 e. The number of benzene rings is 2. The molecule has 1 N–H and O–H groups in total. The van der Waals surface area contributed by atoms with Crippen molar-refractivity contribution in [2.24, 2.45) is 0 Å². The van der Waals surface area contributed by atoms with Gasteiger partial charge in [-0.1, -0.05) is 35.9 Å². The van der Waals surface area contributed by atoms with Crippen LogP contribution in [0, 0.1) is 5.82 Å². The number of amides is 2. The topological polar surface area (TPSA) is 61.9 Å². The summed E-state index contributed by atoms with van der Waals surface area (Å²) in [6.45, 7) is 6.27. The number of hydrogen-bond donors (Lipinski definition) is 1. The van der Waals surface area contributed by atoms with Crippen LogP contribution in [0.3, 0.4) is 0 Å². The predicted octanol–water partition coefficient (Wildman–Crippen LogP) is 2.89.